The molecular formula is C20H24N4OS. The molecule has 0 saturated carbocycles. The zero-order chi connectivity index (χ0) is 18.2. The second kappa shape index (κ2) is 9.31. The van der Waals surface area contributed by atoms with E-state index in [-0.39, 0.29) is 0 Å². The van der Waals surface area contributed by atoms with Crippen molar-refractivity contribution in [2.75, 3.05) is 31.2 Å². The Bertz CT molecular complexity index is 740. The lowest BCUT2D eigenvalue weighted by Gasteiger charge is -2.28. The molecule has 1 saturated heterocycles. The summed E-state index contributed by atoms with van der Waals surface area (Å²) < 4.78 is 5.40. The minimum atomic E-state index is 0.512. The van der Waals surface area contributed by atoms with Crippen LogP contribution < -0.4 is 15.6 Å². The van der Waals surface area contributed by atoms with Crippen LogP contribution in [-0.4, -0.2) is 37.1 Å². The SMILES string of the molecule is C/C(=N/NC(=S)NCc1ccccc1)c1ccc(N2CCOCC2)cc1. The van der Waals surface area contributed by atoms with Gasteiger partial charge in [0.15, 0.2) is 5.11 Å². The molecule has 2 N–H and O–H groups in total. The van der Waals surface area contributed by atoms with E-state index in [9.17, 15) is 0 Å². The molecule has 26 heavy (non-hydrogen) atoms. The van der Waals surface area contributed by atoms with E-state index in [0.29, 0.717) is 11.7 Å². The van der Waals surface area contributed by atoms with Gasteiger partial charge in [-0.2, -0.15) is 5.10 Å². The average molecular weight is 369 g/mol. The second-order valence-electron chi connectivity index (χ2n) is 6.12. The first kappa shape index (κ1) is 18.4. The first-order chi connectivity index (χ1) is 12.7. The number of anilines is 1. The number of rotatable bonds is 5. The van der Waals surface area contributed by atoms with E-state index in [1.54, 1.807) is 0 Å². The molecule has 1 aliphatic heterocycles. The molecule has 3 rings (SSSR count). The van der Waals surface area contributed by atoms with Crippen LogP contribution in [0.5, 0.6) is 0 Å². The van der Waals surface area contributed by atoms with Gasteiger partial charge >= 0.3 is 0 Å². The molecule has 2 aromatic carbocycles. The molecular weight excluding hydrogens is 344 g/mol. The molecule has 5 nitrogen and oxygen atoms in total. The van der Waals surface area contributed by atoms with E-state index in [1.807, 2.05) is 25.1 Å². The first-order valence-corrected chi connectivity index (χ1v) is 9.18. The van der Waals surface area contributed by atoms with Crippen LogP contribution in [0.15, 0.2) is 59.7 Å². The zero-order valence-electron chi connectivity index (χ0n) is 14.9. The second-order valence-corrected chi connectivity index (χ2v) is 6.53. The maximum absolute atomic E-state index is 5.40. The van der Waals surface area contributed by atoms with Crippen LogP contribution in [-0.2, 0) is 11.3 Å². The van der Waals surface area contributed by atoms with Crippen molar-refractivity contribution in [3.8, 4) is 0 Å². The van der Waals surface area contributed by atoms with Crippen molar-refractivity contribution in [3.63, 3.8) is 0 Å². The minimum Gasteiger partial charge on any atom is -0.378 e. The molecule has 1 fully saturated rings. The summed E-state index contributed by atoms with van der Waals surface area (Å²) in [5.74, 6) is 0. The largest absolute Gasteiger partial charge is 0.378 e. The third-order valence-corrected chi connectivity index (χ3v) is 4.52. The third-order valence-electron chi connectivity index (χ3n) is 4.28. The Morgan fingerprint density at radius 3 is 2.46 bits per heavy atom. The Hall–Kier alpha value is -2.44. The molecule has 136 valence electrons. The summed E-state index contributed by atoms with van der Waals surface area (Å²) >= 11 is 5.28. The van der Waals surface area contributed by atoms with Gasteiger partial charge in [-0.25, -0.2) is 0 Å². The van der Waals surface area contributed by atoms with Gasteiger partial charge in [-0.05, 0) is 42.4 Å². The molecule has 1 heterocycles. The van der Waals surface area contributed by atoms with Crippen LogP contribution in [0.3, 0.4) is 0 Å². The summed E-state index contributed by atoms with van der Waals surface area (Å²) in [4.78, 5) is 2.33. The van der Waals surface area contributed by atoms with Crippen molar-refractivity contribution in [1.82, 2.24) is 10.7 Å². The van der Waals surface area contributed by atoms with Gasteiger partial charge in [-0.3, -0.25) is 5.43 Å². The van der Waals surface area contributed by atoms with Crippen molar-refractivity contribution >= 4 is 28.7 Å². The highest BCUT2D eigenvalue weighted by Crippen LogP contribution is 2.17. The van der Waals surface area contributed by atoms with Crippen LogP contribution in [0.1, 0.15) is 18.1 Å². The van der Waals surface area contributed by atoms with Crippen molar-refractivity contribution < 1.29 is 4.74 Å². The van der Waals surface area contributed by atoms with E-state index in [1.165, 1.54) is 11.3 Å². The number of ether oxygens (including phenoxy) is 1. The Kier molecular flexibility index (Phi) is 6.57. The first-order valence-electron chi connectivity index (χ1n) is 8.77. The smallest absolute Gasteiger partial charge is 0.187 e. The number of nitrogens with one attached hydrogen (secondary N) is 2. The number of benzene rings is 2. The predicted octanol–water partition coefficient (Wildman–Crippen LogP) is 2.91. The fraction of sp³-hybridized carbons (Fsp3) is 0.300. The molecule has 0 aliphatic carbocycles. The summed E-state index contributed by atoms with van der Waals surface area (Å²) in [5, 5.41) is 8.04. The summed E-state index contributed by atoms with van der Waals surface area (Å²) in [5.41, 5.74) is 7.27. The van der Waals surface area contributed by atoms with Crippen LogP contribution in [0, 0.1) is 0 Å². The molecule has 1 aliphatic rings. The van der Waals surface area contributed by atoms with Crippen LogP contribution in [0.25, 0.3) is 0 Å². The highest BCUT2D eigenvalue weighted by Gasteiger charge is 2.11. The quantitative estimate of drug-likeness (QED) is 0.483. The highest BCUT2D eigenvalue weighted by atomic mass is 32.1. The van der Waals surface area contributed by atoms with Crippen molar-refractivity contribution in [2.45, 2.75) is 13.5 Å². The van der Waals surface area contributed by atoms with Crippen LogP contribution in [0.2, 0.25) is 0 Å². The number of hydrogen-bond donors (Lipinski definition) is 2. The van der Waals surface area contributed by atoms with Crippen molar-refractivity contribution in [2.24, 2.45) is 5.10 Å². The maximum atomic E-state index is 5.40. The summed E-state index contributed by atoms with van der Waals surface area (Å²) in [7, 11) is 0. The van der Waals surface area contributed by atoms with Gasteiger partial charge in [-0.15, -0.1) is 0 Å². The standard InChI is InChI=1S/C20H24N4OS/c1-16(22-23-20(26)21-15-17-5-3-2-4-6-17)18-7-9-19(10-8-18)24-11-13-25-14-12-24/h2-10H,11-15H2,1H3,(H2,21,23,26)/b22-16-. The number of hydrogen-bond acceptors (Lipinski definition) is 4. The van der Waals surface area contributed by atoms with E-state index >= 15 is 0 Å². The molecule has 0 atom stereocenters. The Labute approximate surface area is 160 Å². The monoisotopic (exact) mass is 368 g/mol. The number of nitrogens with zero attached hydrogens (tertiary/aromatic N) is 2. The van der Waals surface area contributed by atoms with Gasteiger partial charge in [0.1, 0.15) is 0 Å². The molecule has 0 unspecified atom stereocenters. The predicted molar refractivity (Wildman–Crippen MR) is 111 cm³/mol. The Morgan fingerprint density at radius 1 is 1.08 bits per heavy atom. The minimum absolute atomic E-state index is 0.512. The van der Waals surface area contributed by atoms with Crippen molar-refractivity contribution in [3.05, 3.63) is 65.7 Å². The normalized spacial score (nSPS) is 14.8. The van der Waals surface area contributed by atoms with Gasteiger partial charge in [-0.1, -0.05) is 42.5 Å². The summed E-state index contributed by atoms with van der Waals surface area (Å²) in [6.45, 7) is 6.11. The zero-order valence-corrected chi connectivity index (χ0v) is 15.8. The van der Waals surface area contributed by atoms with Gasteiger partial charge in [0.25, 0.3) is 0 Å². The van der Waals surface area contributed by atoms with Gasteiger partial charge < -0.3 is 15.0 Å². The van der Waals surface area contributed by atoms with Gasteiger partial charge in [0, 0.05) is 25.3 Å². The molecule has 0 spiro atoms. The molecule has 0 bridgehead atoms. The summed E-state index contributed by atoms with van der Waals surface area (Å²) in [6.07, 6.45) is 0. The van der Waals surface area contributed by atoms with Gasteiger partial charge in [0.05, 0.1) is 18.9 Å². The number of hydrazone groups is 1. The topological polar surface area (TPSA) is 48.9 Å². The van der Waals surface area contributed by atoms with Crippen molar-refractivity contribution in [1.29, 1.82) is 0 Å². The Balaban J connectivity index is 1.51. The number of morpholine rings is 1. The molecule has 0 aromatic heterocycles. The molecule has 0 amide bonds. The molecule has 2 aromatic rings. The fourth-order valence-electron chi connectivity index (χ4n) is 2.75. The molecule has 6 heteroatoms. The van der Waals surface area contributed by atoms with Crippen LogP contribution >= 0.6 is 12.2 Å². The van der Waals surface area contributed by atoms with E-state index in [2.05, 4.69) is 57.1 Å². The lowest BCUT2D eigenvalue weighted by atomic mass is 10.1. The number of thiocarbonyl (C=S) groups is 1. The molecule has 0 radical (unpaired) electrons. The fourth-order valence-corrected chi connectivity index (χ4v) is 2.87. The third kappa shape index (κ3) is 5.28. The highest BCUT2D eigenvalue weighted by molar-refractivity contribution is 7.80. The lowest BCUT2D eigenvalue weighted by Crippen LogP contribution is -2.36. The lowest BCUT2D eigenvalue weighted by molar-refractivity contribution is 0.122. The van der Waals surface area contributed by atoms with E-state index < -0.39 is 0 Å². The van der Waals surface area contributed by atoms with E-state index in [0.717, 1.165) is 37.6 Å². The average Bonchev–Trinajstić information content (AvgIpc) is 2.72. The van der Waals surface area contributed by atoms with Gasteiger partial charge in [0.2, 0.25) is 0 Å². The summed E-state index contributed by atoms with van der Waals surface area (Å²) in [6, 6.07) is 18.6. The maximum Gasteiger partial charge on any atom is 0.187 e. The van der Waals surface area contributed by atoms with E-state index in [4.69, 9.17) is 17.0 Å². The Morgan fingerprint density at radius 2 is 1.77 bits per heavy atom. The van der Waals surface area contributed by atoms with Crippen LogP contribution in [0.4, 0.5) is 5.69 Å².